The Kier molecular flexibility index (Phi) is 14.4. The molecule has 4 aromatic rings. The average Bonchev–Trinajstić information content (AvgIpc) is 4.02. The summed E-state index contributed by atoms with van der Waals surface area (Å²) >= 11 is 1.46. The van der Waals surface area contributed by atoms with E-state index in [9.17, 15) is 19.2 Å². The predicted octanol–water partition coefficient (Wildman–Crippen LogP) is 5.50. The molecular weight excluding hydrogens is 829 g/mol. The first-order chi connectivity index (χ1) is 30.5. The van der Waals surface area contributed by atoms with Gasteiger partial charge in [0, 0.05) is 99.5 Å². The molecule has 3 aliphatic heterocycles. The van der Waals surface area contributed by atoms with Crippen LogP contribution >= 0.6 is 11.3 Å². The Morgan fingerprint density at radius 3 is 2.66 bits per heavy atom. The molecule has 2 fully saturated rings. The molecule has 1 aromatic carbocycles. The Labute approximate surface area is 381 Å². The topological polar surface area (TPSA) is 158 Å². The summed E-state index contributed by atoms with van der Waals surface area (Å²) < 4.78 is 8.20. The lowest BCUT2D eigenvalue weighted by atomic mass is 9.83. The number of methoxy groups -OCH3 is 1. The number of rotatable bonds is 10. The Hall–Kier alpha value is -5.03. The van der Waals surface area contributed by atoms with E-state index >= 15 is 0 Å². The maximum Gasteiger partial charge on any atom is 0.259 e. The number of benzene rings is 1. The fraction of sp³-hybridized carbons (Fsp3) is 0.562. The van der Waals surface area contributed by atoms with E-state index in [-0.39, 0.29) is 54.2 Å². The molecule has 0 unspecified atom stereocenters. The third-order valence-electron chi connectivity index (χ3n) is 13.2. The van der Waals surface area contributed by atoms with Gasteiger partial charge in [0.05, 0.1) is 34.1 Å². The second-order valence-corrected chi connectivity index (χ2v) is 19.9. The summed E-state index contributed by atoms with van der Waals surface area (Å²) in [7, 11) is 5.49. The van der Waals surface area contributed by atoms with E-state index in [1.54, 1.807) is 30.4 Å². The number of hydrazine groups is 1. The number of aromatic nitrogens is 4. The number of nitrogens with one attached hydrogen (secondary N) is 2. The van der Waals surface area contributed by atoms with Gasteiger partial charge >= 0.3 is 0 Å². The molecule has 4 amide bonds. The molecule has 16 heteroatoms. The van der Waals surface area contributed by atoms with Crippen molar-refractivity contribution >= 4 is 45.9 Å². The quantitative estimate of drug-likeness (QED) is 0.195. The second-order valence-electron chi connectivity index (χ2n) is 19.0. The monoisotopic (exact) mass is 894 g/mol. The van der Waals surface area contributed by atoms with E-state index in [4.69, 9.17) is 14.7 Å². The van der Waals surface area contributed by atoms with Crippen LogP contribution in [-0.2, 0) is 43.3 Å². The number of hydrogen-bond donors (Lipinski definition) is 2. The number of likely N-dealkylation sites (N-methyl/N-ethyl adjacent to an activating group) is 2. The fourth-order valence-electron chi connectivity index (χ4n) is 10.2. The summed E-state index contributed by atoms with van der Waals surface area (Å²) in [5, 5.41) is 8.66. The lowest BCUT2D eigenvalue weighted by Crippen LogP contribution is -2.62. The maximum atomic E-state index is 14.7. The van der Waals surface area contributed by atoms with E-state index in [1.165, 1.54) is 27.9 Å². The lowest BCUT2D eigenvalue weighted by molar-refractivity contribution is -0.146. The van der Waals surface area contributed by atoms with Gasteiger partial charge < -0.3 is 29.3 Å². The molecule has 64 heavy (non-hydrogen) atoms. The molecule has 6 heterocycles. The molecule has 5 atom stereocenters. The maximum absolute atomic E-state index is 14.7. The third kappa shape index (κ3) is 9.80. The van der Waals surface area contributed by atoms with Crippen LogP contribution in [0.25, 0.3) is 33.4 Å². The number of nitrogens with zero attached hydrogens (tertiary/aromatic N) is 8. The lowest BCUT2D eigenvalue weighted by Gasteiger charge is -2.39. The van der Waals surface area contributed by atoms with Crippen molar-refractivity contribution in [1.29, 1.82) is 0 Å². The Morgan fingerprint density at radius 1 is 1.16 bits per heavy atom. The molecular formula is C48H66N10O5S. The van der Waals surface area contributed by atoms with E-state index in [0.29, 0.717) is 24.5 Å². The second kappa shape index (κ2) is 19.6. The number of fused-ring (bicyclic) bond motifs is 6. The van der Waals surface area contributed by atoms with Gasteiger partial charge in [-0.25, -0.2) is 20.4 Å². The van der Waals surface area contributed by atoms with Gasteiger partial charge in [-0.05, 0) is 81.7 Å². The highest BCUT2D eigenvalue weighted by Crippen LogP contribution is 2.42. The van der Waals surface area contributed by atoms with Crippen LogP contribution in [0.1, 0.15) is 83.2 Å². The van der Waals surface area contributed by atoms with Crippen molar-refractivity contribution in [2.24, 2.45) is 17.3 Å². The molecule has 7 rings (SSSR count). The van der Waals surface area contributed by atoms with Crippen molar-refractivity contribution in [1.82, 2.24) is 50.0 Å². The first-order valence-corrected chi connectivity index (χ1v) is 23.6. The number of amides is 4. The molecule has 0 aliphatic carbocycles. The number of aryl methyl sites for hydroxylation is 1. The number of thiazole rings is 1. The van der Waals surface area contributed by atoms with Crippen LogP contribution in [0.4, 0.5) is 0 Å². The zero-order valence-electron chi connectivity index (χ0n) is 39.0. The first-order valence-electron chi connectivity index (χ1n) is 22.7. The van der Waals surface area contributed by atoms with Crippen LogP contribution in [0.3, 0.4) is 0 Å². The molecule has 6 bridgehead atoms. The minimum absolute atomic E-state index is 0.00555. The van der Waals surface area contributed by atoms with Gasteiger partial charge in [-0.2, -0.15) is 0 Å². The number of ether oxygens (including phenoxy) is 1. The number of carbonyl (C=O) groups excluding carboxylic acids is 4. The zero-order valence-corrected chi connectivity index (χ0v) is 39.8. The molecule has 2 saturated heterocycles. The Bertz CT molecular complexity index is 2370. The summed E-state index contributed by atoms with van der Waals surface area (Å²) in [5.74, 6) is -1.75. The number of hydrogen-bond acceptors (Lipinski definition) is 11. The van der Waals surface area contributed by atoms with Crippen LogP contribution in [0.5, 0.6) is 0 Å². The van der Waals surface area contributed by atoms with E-state index in [2.05, 4.69) is 77.8 Å². The summed E-state index contributed by atoms with van der Waals surface area (Å²) in [5.41, 5.74) is 10.3. The summed E-state index contributed by atoms with van der Waals surface area (Å²) in [4.78, 5) is 75.2. The third-order valence-corrected chi connectivity index (χ3v) is 14.0. The van der Waals surface area contributed by atoms with Gasteiger partial charge in [0.1, 0.15) is 18.4 Å². The summed E-state index contributed by atoms with van der Waals surface area (Å²) in [6.07, 6.45) is 7.70. The van der Waals surface area contributed by atoms with E-state index in [0.717, 1.165) is 78.0 Å². The van der Waals surface area contributed by atoms with Crippen molar-refractivity contribution in [2.45, 2.75) is 104 Å². The predicted molar refractivity (Wildman–Crippen MR) is 250 cm³/mol. The minimum atomic E-state index is -0.947. The van der Waals surface area contributed by atoms with Gasteiger partial charge in [0.25, 0.3) is 5.91 Å². The van der Waals surface area contributed by atoms with Crippen molar-refractivity contribution in [3.63, 3.8) is 0 Å². The Morgan fingerprint density at radius 2 is 1.94 bits per heavy atom. The molecule has 3 aliphatic rings. The molecule has 0 saturated carbocycles. The molecule has 2 N–H and O–H groups in total. The van der Waals surface area contributed by atoms with Crippen LogP contribution < -0.4 is 10.7 Å². The van der Waals surface area contributed by atoms with Crippen LogP contribution in [0.15, 0.2) is 48.8 Å². The molecule has 0 radical (unpaired) electrons. The van der Waals surface area contributed by atoms with Crippen molar-refractivity contribution < 1.29 is 23.9 Å². The molecule has 15 nitrogen and oxygen atoms in total. The largest absolute Gasteiger partial charge is 0.375 e. The highest BCUT2D eigenvalue weighted by molar-refractivity contribution is 7.10. The van der Waals surface area contributed by atoms with Crippen molar-refractivity contribution in [3.8, 4) is 22.5 Å². The van der Waals surface area contributed by atoms with Gasteiger partial charge in [-0.15, -0.1) is 11.3 Å². The smallest absolute Gasteiger partial charge is 0.259 e. The van der Waals surface area contributed by atoms with E-state index in [1.807, 2.05) is 32.3 Å². The normalized spacial score (nSPS) is 21.7. The van der Waals surface area contributed by atoms with Crippen LogP contribution in [0, 0.1) is 17.3 Å². The van der Waals surface area contributed by atoms with Gasteiger partial charge in [0.15, 0.2) is 0 Å². The van der Waals surface area contributed by atoms with Gasteiger partial charge in [-0.3, -0.25) is 24.2 Å². The highest BCUT2D eigenvalue weighted by Gasteiger charge is 2.40. The fourth-order valence-corrected chi connectivity index (χ4v) is 11.1. The SMILES string of the molecule is C=CC(=O)N1CC[C@H](C(=O)N(C)[C@H](C(=O)N[C@H]2Cc3nc(cs3)-c3ccc4c(c3)c(c(-c3cncnc3[C@H](C)OC)n4CC)CC(C)(C)CN(C)C[C@@H]3CCCN(N3)C2=O)C(C)C)C1. The average molecular weight is 895 g/mol. The molecule has 344 valence electrons. The minimum Gasteiger partial charge on any atom is -0.375 e. The summed E-state index contributed by atoms with van der Waals surface area (Å²) in [6, 6.07) is 4.74. The number of carbonyl (C=O) groups is 4. The molecule has 3 aromatic heterocycles. The van der Waals surface area contributed by atoms with Crippen molar-refractivity contribution in [3.05, 3.63) is 65.0 Å². The number of likely N-dealkylation sites (tertiary alicyclic amines) is 1. The van der Waals surface area contributed by atoms with E-state index < -0.39 is 23.9 Å². The van der Waals surface area contributed by atoms with Gasteiger partial charge in [-0.1, -0.05) is 40.3 Å². The summed E-state index contributed by atoms with van der Waals surface area (Å²) in [6.45, 7) is 19.7. The zero-order chi connectivity index (χ0) is 46.0. The van der Waals surface area contributed by atoms with Crippen molar-refractivity contribution in [2.75, 3.05) is 53.9 Å². The van der Waals surface area contributed by atoms with Gasteiger partial charge in [0.2, 0.25) is 17.7 Å². The van der Waals surface area contributed by atoms with Crippen LogP contribution in [-0.4, -0.2) is 135 Å². The Balaban J connectivity index is 1.27. The molecule has 0 spiro atoms. The van der Waals surface area contributed by atoms with Crippen LogP contribution in [0.2, 0.25) is 0 Å². The highest BCUT2D eigenvalue weighted by atomic mass is 32.1. The first kappa shape index (κ1) is 46.9. The standard InChI is InChI=1S/C48H66N10O5S/c1-11-41(59)56-19-17-32(24-56)46(61)55(9)43(29(3)4)45(60)52-37-21-40-51-38(26-64-40)31-15-16-39-34(20-31)35(44(57(39)12-2)36-23-49-28-50-42(36)30(5)63-10)22-48(6,7)27-54(8)25-33-14-13-18-58(53-33)47(37)62/h11,15-16,20,23,26,28-30,32-33,37,43,53H,1,12-14,17-19,21-22,24-25,27H2,2-10H3,(H,52,60)/t30-,32-,33-,37-,43-/m0/s1.